The van der Waals surface area contributed by atoms with Crippen LogP contribution in [0.2, 0.25) is 10.0 Å². The van der Waals surface area contributed by atoms with Gasteiger partial charge in [0, 0.05) is 40.9 Å². The van der Waals surface area contributed by atoms with Gasteiger partial charge in [-0.1, -0.05) is 35.8 Å². The molecule has 0 aromatic heterocycles. The van der Waals surface area contributed by atoms with Crippen LogP contribution in [0, 0.1) is 5.82 Å². The number of nitrogens with zero attached hydrogens (tertiary/aromatic N) is 1. The quantitative estimate of drug-likeness (QED) is 0.690. The maximum atomic E-state index is 13.3. The Labute approximate surface area is 176 Å². The largest absolute Gasteiger partial charge is 0.484 e. The summed E-state index contributed by atoms with van der Waals surface area (Å²) in [6.07, 6.45) is -0.924. The van der Waals surface area contributed by atoms with Crippen molar-refractivity contribution in [3.05, 3.63) is 75.7 Å². The molecule has 0 saturated heterocycles. The summed E-state index contributed by atoms with van der Waals surface area (Å²) in [5.41, 5.74) is 1.11. The lowest BCUT2D eigenvalue weighted by molar-refractivity contribution is -0.123. The molecule has 2 amide bonds. The van der Waals surface area contributed by atoms with Crippen LogP contribution < -0.4 is 10.1 Å². The summed E-state index contributed by atoms with van der Waals surface area (Å²) in [7, 11) is 0. The number of carbonyl (C=O) groups is 2. The van der Waals surface area contributed by atoms with E-state index in [2.05, 4.69) is 11.9 Å². The molecule has 2 aromatic carbocycles. The molecule has 29 heavy (non-hydrogen) atoms. The van der Waals surface area contributed by atoms with E-state index in [0.717, 1.165) is 6.07 Å². The number of amides is 2. The average molecular weight is 439 g/mol. The van der Waals surface area contributed by atoms with Crippen LogP contribution in [-0.4, -0.2) is 35.0 Å². The van der Waals surface area contributed by atoms with Crippen molar-refractivity contribution in [2.45, 2.75) is 12.6 Å². The predicted molar refractivity (Wildman–Crippen MR) is 106 cm³/mol. The van der Waals surface area contributed by atoms with Gasteiger partial charge in [-0.15, -0.1) is 0 Å². The molecule has 1 atom stereocenters. The van der Waals surface area contributed by atoms with Crippen molar-refractivity contribution in [2.75, 3.05) is 13.2 Å². The van der Waals surface area contributed by atoms with Gasteiger partial charge in [0.05, 0.1) is 5.02 Å². The number of aliphatic hydroxyl groups is 1. The van der Waals surface area contributed by atoms with Crippen molar-refractivity contribution in [3.8, 4) is 5.75 Å². The van der Waals surface area contributed by atoms with Gasteiger partial charge in [-0.3, -0.25) is 14.5 Å². The topological polar surface area (TPSA) is 78.9 Å². The molecular weight excluding hydrogens is 422 g/mol. The Hall–Kier alpha value is -2.61. The van der Waals surface area contributed by atoms with Gasteiger partial charge >= 0.3 is 0 Å². The molecule has 0 spiro atoms. The van der Waals surface area contributed by atoms with E-state index in [1.54, 1.807) is 12.1 Å². The van der Waals surface area contributed by atoms with Gasteiger partial charge in [0.25, 0.3) is 11.8 Å². The van der Waals surface area contributed by atoms with Crippen molar-refractivity contribution in [2.24, 2.45) is 0 Å². The number of aliphatic hydroxyl groups excluding tert-OH is 1. The molecule has 1 aliphatic heterocycles. The number of halogens is 3. The maximum absolute atomic E-state index is 13.3. The van der Waals surface area contributed by atoms with E-state index in [9.17, 15) is 19.1 Å². The third-order valence-corrected chi connectivity index (χ3v) is 4.87. The number of rotatable bonds is 7. The molecule has 0 saturated carbocycles. The van der Waals surface area contributed by atoms with Crippen LogP contribution in [0.25, 0.3) is 0 Å². The lowest BCUT2D eigenvalue weighted by Crippen LogP contribution is -2.32. The third-order valence-electron chi connectivity index (χ3n) is 4.32. The highest BCUT2D eigenvalue weighted by Crippen LogP contribution is 2.36. The zero-order valence-electron chi connectivity index (χ0n) is 15.1. The SMILES string of the molecule is C=C(CCNC(=O)COc1ccc(Cl)c(F)c1)N1C(=O)c2cc(Cl)ccc2[C@H]1O. The fourth-order valence-electron chi connectivity index (χ4n) is 2.87. The molecule has 6 nitrogen and oxygen atoms in total. The van der Waals surface area contributed by atoms with Gasteiger partial charge in [-0.25, -0.2) is 4.39 Å². The summed E-state index contributed by atoms with van der Waals surface area (Å²) >= 11 is 11.5. The van der Waals surface area contributed by atoms with E-state index in [-0.39, 0.29) is 30.3 Å². The number of carbonyl (C=O) groups excluding carboxylic acids is 2. The first-order valence-electron chi connectivity index (χ1n) is 8.61. The van der Waals surface area contributed by atoms with E-state index >= 15 is 0 Å². The summed E-state index contributed by atoms with van der Waals surface area (Å²) in [6.45, 7) is 3.68. The first kappa shape index (κ1) is 21.1. The summed E-state index contributed by atoms with van der Waals surface area (Å²) in [5.74, 6) is -1.30. The second-order valence-corrected chi connectivity index (χ2v) is 7.15. The monoisotopic (exact) mass is 438 g/mol. The smallest absolute Gasteiger partial charge is 0.260 e. The van der Waals surface area contributed by atoms with E-state index in [1.165, 1.54) is 23.1 Å². The molecule has 0 aliphatic carbocycles. The highest BCUT2D eigenvalue weighted by Gasteiger charge is 2.36. The Kier molecular flexibility index (Phi) is 6.42. The van der Waals surface area contributed by atoms with Crippen LogP contribution in [0.3, 0.4) is 0 Å². The molecule has 2 N–H and O–H groups in total. The first-order valence-corrected chi connectivity index (χ1v) is 9.37. The van der Waals surface area contributed by atoms with E-state index < -0.39 is 23.9 Å². The van der Waals surface area contributed by atoms with E-state index in [4.69, 9.17) is 27.9 Å². The Morgan fingerprint density at radius 3 is 2.76 bits per heavy atom. The van der Waals surface area contributed by atoms with Gasteiger partial charge in [0.1, 0.15) is 11.6 Å². The second-order valence-electron chi connectivity index (χ2n) is 6.31. The minimum Gasteiger partial charge on any atom is -0.484 e. The number of nitrogens with one attached hydrogen (secondary N) is 1. The highest BCUT2D eigenvalue weighted by molar-refractivity contribution is 6.31. The van der Waals surface area contributed by atoms with Crippen LogP contribution in [0.4, 0.5) is 4.39 Å². The minimum absolute atomic E-state index is 0.0385. The van der Waals surface area contributed by atoms with Gasteiger partial charge in [-0.2, -0.15) is 0 Å². The van der Waals surface area contributed by atoms with Crippen LogP contribution in [0.1, 0.15) is 28.6 Å². The molecule has 152 valence electrons. The summed E-state index contributed by atoms with van der Waals surface area (Å²) < 4.78 is 18.5. The molecule has 1 aliphatic rings. The second kappa shape index (κ2) is 8.82. The first-order chi connectivity index (χ1) is 13.8. The fourth-order valence-corrected chi connectivity index (χ4v) is 3.16. The number of hydrogen-bond acceptors (Lipinski definition) is 4. The minimum atomic E-state index is -1.15. The molecule has 3 rings (SSSR count). The molecule has 0 unspecified atom stereocenters. The van der Waals surface area contributed by atoms with Gasteiger partial charge in [0.15, 0.2) is 12.8 Å². The molecular formula is C20H17Cl2FN2O4. The van der Waals surface area contributed by atoms with Crippen LogP contribution in [0.5, 0.6) is 5.75 Å². The zero-order chi connectivity index (χ0) is 21.1. The zero-order valence-corrected chi connectivity index (χ0v) is 16.6. The van der Waals surface area contributed by atoms with Crippen molar-refractivity contribution >= 4 is 35.0 Å². The molecule has 0 bridgehead atoms. The molecule has 9 heteroatoms. The number of ether oxygens (including phenoxy) is 1. The number of hydrogen-bond donors (Lipinski definition) is 2. The molecule has 0 fully saturated rings. The van der Waals surface area contributed by atoms with Crippen LogP contribution >= 0.6 is 23.2 Å². The average Bonchev–Trinajstić information content (AvgIpc) is 2.92. The highest BCUT2D eigenvalue weighted by atomic mass is 35.5. The van der Waals surface area contributed by atoms with Crippen LogP contribution in [-0.2, 0) is 4.79 Å². The normalized spacial score (nSPS) is 15.2. The van der Waals surface area contributed by atoms with Gasteiger partial charge in [-0.05, 0) is 24.3 Å². The van der Waals surface area contributed by atoms with E-state index in [0.29, 0.717) is 21.8 Å². The van der Waals surface area contributed by atoms with Gasteiger partial charge < -0.3 is 15.2 Å². The van der Waals surface area contributed by atoms with Gasteiger partial charge in [0.2, 0.25) is 0 Å². The predicted octanol–water partition coefficient (Wildman–Crippen LogP) is 3.68. The Morgan fingerprint density at radius 2 is 2.03 bits per heavy atom. The standard InChI is InChI=1S/C20H17Cl2FN2O4/c1-11(25-19(27)14-4-2-12(21)8-15(14)20(25)28)6-7-24-18(26)10-29-13-3-5-16(22)17(23)9-13/h2-5,8-9,19,27H,1,6-7,10H2,(H,24,26)/t19-/m1/s1. The molecule has 1 heterocycles. The summed E-state index contributed by atoms with van der Waals surface area (Å²) in [6, 6.07) is 8.54. The van der Waals surface area contributed by atoms with E-state index in [1.807, 2.05) is 0 Å². The lowest BCUT2D eigenvalue weighted by Gasteiger charge is -2.23. The van der Waals surface area contributed by atoms with Crippen molar-refractivity contribution < 1.29 is 23.8 Å². The lowest BCUT2D eigenvalue weighted by atomic mass is 10.1. The summed E-state index contributed by atoms with van der Waals surface area (Å²) in [4.78, 5) is 25.6. The van der Waals surface area contributed by atoms with Crippen molar-refractivity contribution in [3.63, 3.8) is 0 Å². The third kappa shape index (κ3) is 4.70. The summed E-state index contributed by atoms with van der Waals surface area (Å²) in [5, 5.41) is 13.3. The van der Waals surface area contributed by atoms with Crippen molar-refractivity contribution in [1.29, 1.82) is 0 Å². The number of benzene rings is 2. The van der Waals surface area contributed by atoms with Crippen LogP contribution in [0.15, 0.2) is 48.7 Å². The molecule has 2 aromatic rings. The maximum Gasteiger partial charge on any atom is 0.260 e. The Balaban J connectivity index is 1.48. The number of fused-ring (bicyclic) bond motifs is 1. The molecule has 0 radical (unpaired) electrons. The van der Waals surface area contributed by atoms with Crippen molar-refractivity contribution in [1.82, 2.24) is 10.2 Å². The Morgan fingerprint density at radius 1 is 1.28 bits per heavy atom. The fraction of sp³-hybridized carbons (Fsp3) is 0.200. The Bertz CT molecular complexity index is 983.